The number of halogens is 1. The Bertz CT molecular complexity index is 2490. The van der Waals surface area contributed by atoms with Crippen molar-refractivity contribution in [3.63, 3.8) is 0 Å². The summed E-state index contributed by atoms with van der Waals surface area (Å²) in [6.45, 7) is 11.1. The minimum absolute atomic E-state index is 0.0737. The third-order valence-electron chi connectivity index (χ3n) is 12.7. The smallest absolute Gasteiger partial charge is 0.293 e. The van der Waals surface area contributed by atoms with Crippen molar-refractivity contribution in [2.75, 3.05) is 68.0 Å². The number of pyridine rings is 1. The summed E-state index contributed by atoms with van der Waals surface area (Å²) in [5, 5.41) is 9.17. The highest BCUT2D eigenvalue weighted by Gasteiger charge is 2.47. The lowest BCUT2D eigenvalue weighted by Gasteiger charge is -2.50. The van der Waals surface area contributed by atoms with Gasteiger partial charge in [0.1, 0.15) is 11.1 Å². The number of piperazine rings is 1. The van der Waals surface area contributed by atoms with Gasteiger partial charge in [-0.2, -0.15) is 4.98 Å². The van der Waals surface area contributed by atoms with Gasteiger partial charge in [0.2, 0.25) is 17.8 Å². The quantitative estimate of drug-likeness (QED) is 0.186. The lowest BCUT2D eigenvalue weighted by molar-refractivity contribution is -0.136. The van der Waals surface area contributed by atoms with Crippen LogP contribution in [0.2, 0.25) is 5.02 Å². The fraction of sp³-hybridized carbons (Fsp3) is 0.442. The number of piperidine rings is 2. The summed E-state index contributed by atoms with van der Waals surface area (Å²) in [5.74, 6) is -0.894. The third kappa shape index (κ3) is 7.87. The van der Waals surface area contributed by atoms with Gasteiger partial charge >= 0.3 is 0 Å². The maximum atomic E-state index is 13.8. The maximum absolute atomic E-state index is 13.8. The van der Waals surface area contributed by atoms with E-state index >= 15 is 0 Å². The number of imide groups is 2. The highest BCUT2D eigenvalue weighted by atomic mass is 35.5. The summed E-state index contributed by atoms with van der Waals surface area (Å²) in [4.78, 5) is 93.7. The van der Waals surface area contributed by atoms with Gasteiger partial charge in [0.05, 0.1) is 28.5 Å². The number of nitrogens with zero attached hydrogens (tertiary/aromatic N) is 7. The molecule has 3 saturated heterocycles. The molecule has 2 aromatic carbocycles. The van der Waals surface area contributed by atoms with E-state index < -0.39 is 29.7 Å². The fourth-order valence-corrected chi connectivity index (χ4v) is 9.27. The molecule has 3 fully saturated rings. The number of aromatic nitrogens is 3. The number of hydrogen-bond donors (Lipinski definition) is 3. The van der Waals surface area contributed by atoms with E-state index in [1.54, 1.807) is 29.0 Å². The Morgan fingerprint density at radius 2 is 1.70 bits per heavy atom. The molecule has 6 heterocycles. The molecule has 4 aliphatic heterocycles. The van der Waals surface area contributed by atoms with Crippen molar-refractivity contribution in [1.82, 2.24) is 35.0 Å². The van der Waals surface area contributed by atoms with Gasteiger partial charge in [0.25, 0.3) is 23.3 Å². The van der Waals surface area contributed by atoms with Crippen molar-refractivity contribution >= 4 is 75.2 Å². The normalized spacial score (nSPS) is 19.0. The highest BCUT2D eigenvalue weighted by Crippen LogP contribution is 2.39. The van der Waals surface area contributed by atoms with E-state index in [2.05, 4.69) is 49.5 Å². The van der Waals surface area contributed by atoms with Crippen LogP contribution in [-0.4, -0.2) is 118 Å². The van der Waals surface area contributed by atoms with Gasteiger partial charge in [-0.05, 0) is 82.3 Å². The van der Waals surface area contributed by atoms with Gasteiger partial charge in [-0.1, -0.05) is 17.7 Å². The summed E-state index contributed by atoms with van der Waals surface area (Å²) < 4.78 is 7.17. The number of benzene rings is 2. The van der Waals surface area contributed by atoms with Crippen molar-refractivity contribution in [2.24, 2.45) is 5.92 Å². The summed E-state index contributed by atoms with van der Waals surface area (Å²) in [7, 11) is 1.50. The van der Waals surface area contributed by atoms with Gasteiger partial charge in [0, 0.05) is 75.9 Å². The zero-order valence-electron chi connectivity index (χ0n) is 34.6. The first-order chi connectivity index (χ1) is 29.3. The monoisotopic (exact) mass is 852 g/mol. The maximum Gasteiger partial charge on any atom is 0.293 e. The molecule has 5 amide bonds. The molecule has 3 N–H and O–H groups in total. The Morgan fingerprint density at radius 3 is 2.41 bits per heavy atom. The van der Waals surface area contributed by atoms with E-state index in [0.717, 1.165) is 41.7 Å². The number of carbonyl (C=O) groups is 5. The summed E-state index contributed by atoms with van der Waals surface area (Å²) >= 11 is 6.61. The number of carbonyl (C=O) groups excluding carboxylic acids is 5. The third-order valence-corrected chi connectivity index (χ3v) is 12.9. The second kappa shape index (κ2) is 16.8. The van der Waals surface area contributed by atoms with Crippen molar-refractivity contribution < 1.29 is 28.7 Å². The molecule has 4 aromatic rings. The number of rotatable bonds is 11. The minimum Gasteiger partial charge on any atom is -0.478 e. The predicted octanol–water partition coefficient (Wildman–Crippen LogP) is 3.55. The van der Waals surface area contributed by atoms with Gasteiger partial charge < -0.3 is 29.7 Å². The number of likely N-dealkylation sites (N-methyl/N-ethyl adjacent to an activating group) is 1. The Hall–Kier alpha value is -6.07. The van der Waals surface area contributed by atoms with Crippen LogP contribution in [0.3, 0.4) is 0 Å². The Balaban J connectivity index is 0.898. The first kappa shape index (κ1) is 41.7. The van der Waals surface area contributed by atoms with Crippen molar-refractivity contribution in [3.8, 4) is 5.75 Å². The number of fused-ring (bicyclic) bond motifs is 2. The van der Waals surface area contributed by atoms with Crippen LogP contribution in [0.1, 0.15) is 67.2 Å². The summed E-state index contributed by atoms with van der Waals surface area (Å²) in [6.07, 6.45) is 3.56. The minimum atomic E-state index is -1.01. The average Bonchev–Trinajstić information content (AvgIpc) is 3.52. The number of hydrogen-bond acceptors (Lipinski definition) is 13. The van der Waals surface area contributed by atoms with E-state index in [4.69, 9.17) is 21.3 Å². The predicted molar refractivity (Wildman–Crippen MR) is 230 cm³/mol. The number of ether oxygens (including phenoxy) is 1. The SMILES string of the molecule is CCn1c(=O)c(OCC(=O)NC)cc2cc(Nc3nc(N4CCN(C(C)(C)C5CCN(c6cccc7c6C(=O)N(C6CCC(=O)NC6=O)C7=O)CC5)CC4)ncc3Cl)ccc21. The molecule has 0 radical (unpaired) electrons. The second-order valence-electron chi connectivity index (χ2n) is 16.3. The van der Waals surface area contributed by atoms with Crippen LogP contribution in [0, 0.1) is 5.92 Å². The van der Waals surface area contributed by atoms with E-state index in [1.807, 2.05) is 31.2 Å². The molecule has 18 heteroatoms. The van der Waals surface area contributed by atoms with Gasteiger partial charge in [-0.15, -0.1) is 0 Å². The van der Waals surface area contributed by atoms with Crippen LogP contribution in [0.5, 0.6) is 5.75 Å². The zero-order valence-corrected chi connectivity index (χ0v) is 35.4. The molecule has 0 aliphatic carbocycles. The number of amides is 5. The molecule has 0 bridgehead atoms. The molecule has 61 heavy (non-hydrogen) atoms. The molecule has 1 atom stereocenters. The average molecular weight is 853 g/mol. The second-order valence-corrected chi connectivity index (χ2v) is 16.7. The molecule has 2 aromatic heterocycles. The van der Waals surface area contributed by atoms with E-state index in [-0.39, 0.29) is 42.2 Å². The van der Waals surface area contributed by atoms with Crippen molar-refractivity contribution in [1.29, 1.82) is 0 Å². The molecule has 17 nitrogen and oxygen atoms in total. The van der Waals surface area contributed by atoms with Crippen molar-refractivity contribution in [3.05, 3.63) is 75.2 Å². The number of nitrogens with one attached hydrogen (secondary N) is 3. The zero-order chi connectivity index (χ0) is 43.2. The van der Waals surface area contributed by atoms with Crippen LogP contribution < -0.4 is 36.0 Å². The molecular weight excluding hydrogens is 804 g/mol. The van der Waals surface area contributed by atoms with Crippen LogP contribution in [-0.2, 0) is 20.9 Å². The van der Waals surface area contributed by atoms with Crippen LogP contribution >= 0.6 is 11.6 Å². The summed E-state index contributed by atoms with van der Waals surface area (Å²) in [6, 6.07) is 11.5. The topological polar surface area (TPSA) is 191 Å². The van der Waals surface area contributed by atoms with E-state index in [0.29, 0.717) is 77.9 Å². The summed E-state index contributed by atoms with van der Waals surface area (Å²) in [5.41, 5.74) is 2.30. The molecule has 0 saturated carbocycles. The van der Waals surface area contributed by atoms with Crippen LogP contribution in [0.25, 0.3) is 10.9 Å². The number of aryl methyl sites for hydroxylation is 1. The largest absolute Gasteiger partial charge is 0.478 e. The Labute approximate surface area is 357 Å². The molecule has 320 valence electrons. The lowest BCUT2D eigenvalue weighted by Crippen LogP contribution is -2.59. The Kier molecular flexibility index (Phi) is 11.4. The van der Waals surface area contributed by atoms with Gasteiger partial charge in [-0.3, -0.25) is 43.9 Å². The molecule has 4 aliphatic rings. The van der Waals surface area contributed by atoms with Crippen LogP contribution in [0.4, 0.5) is 23.1 Å². The molecular formula is C43H49ClN10O7. The van der Waals surface area contributed by atoms with Gasteiger partial charge in [0.15, 0.2) is 18.2 Å². The fourth-order valence-electron chi connectivity index (χ4n) is 9.13. The van der Waals surface area contributed by atoms with Crippen molar-refractivity contribution in [2.45, 2.75) is 64.6 Å². The first-order valence-corrected chi connectivity index (χ1v) is 21.1. The molecule has 8 rings (SSSR count). The van der Waals surface area contributed by atoms with Gasteiger partial charge in [-0.25, -0.2) is 4.98 Å². The van der Waals surface area contributed by atoms with E-state index in [1.165, 1.54) is 7.05 Å². The Morgan fingerprint density at radius 1 is 0.951 bits per heavy atom. The van der Waals surface area contributed by atoms with E-state index in [9.17, 15) is 28.8 Å². The number of anilines is 4. The standard InChI is InChI=1S/C43H49ClN10O7/c1-5-53-30-10-9-27(21-25(30)22-33(40(53)59)61-24-35(56)45-4)47-37-29(44)23-46-42(49-37)51-17-19-52(20-18-51)43(2,3)26-13-15-50(16-14-26)31-8-6-7-28-36(31)41(60)54(39(28)58)32-11-12-34(55)48-38(32)57/h6-10,21-23,26,32H,5,11-20,24H2,1-4H3,(H,45,56)(H,46,47,49)(H,48,55,57). The van der Waals surface area contributed by atoms with Crippen LogP contribution in [0.15, 0.2) is 53.5 Å². The first-order valence-electron chi connectivity index (χ1n) is 20.7. The lowest BCUT2D eigenvalue weighted by atomic mass is 9.78. The highest BCUT2D eigenvalue weighted by molar-refractivity contribution is 6.33. The molecule has 1 unspecified atom stereocenters. The molecule has 0 spiro atoms.